The van der Waals surface area contributed by atoms with E-state index in [0.717, 1.165) is 55.6 Å². The Labute approximate surface area is 168 Å². The van der Waals surface area contributed by atoms with Crippen LogP contribution in [0.25, 0.3) is 0 Å². The monoisotopic (exact) mass is 393 g/mol. The smallest absolute Gasteiger partial charge is 0.253 e. The summed E-state index contributed by atoms with van der Waals surface area (Å²) in [6.07, 6.45) is 2.72. The Bertz CT molecular complexity index is 688. The van der Waals surface area contributed by atoms with Crippen LogP contribution >= 0.6 is 12.4 Å². The molecule has 0 saturated carbocycles. The number of nitrogens with two attached hydrogens (primary N) is 1. The molecule has 2 N–H and O–H groups in total. The highest BCUT2D eigenvalue weighted by molar-refractivity contribution is 5.95. The van der Waals surface area contributed by atoms with Gasteiger partial charge in [0.2, 0.25) is 5.91 Å². The molecule has 0 spiro atoms. The predicted octanol–water partition coefficient (Wildman–Crippen LogP) is 2.77. The quantitative estimate of drug-likeness (QED) is 0.858. The van der Waals surface area contributed by atoms with Gasteiger partial charge in [0.1, 0.15) is 0 Å². The van der Waals surface area contributed by atoms with Crippen molar-refractivity contribution < 1.29 is 9.59 Å². The number of rotatable bonds is 3. The van der Waals surface area contributed by atoms with Crippen LogP contribution in [0.3, 0.4) is 0 Å². The van der Waals surface area contributed by atoms with Gasteiger partial charge in [-0.1, -0.05) is 24.1 Å². The van der Waals surface area contributed by atoms with Crippen LogP contribution in [-0.2, 0) is 4.79 Å². The van der Waals surface area contributed by atoms with Crippen LogP contribution in [0.5, 0.6) is 0 Å². The third-order valence-electron chi connectivity index (χ3n) is 5.89. The number of hydrogen-bond donors (Lipinski definition) is 1. The summed E-state index contributed by atoms with van der Waals surface area (Å²) in [6.45, 7) is 9.56. The molecule has 0 aromatic heterocycles. The minimum atomic E-state index is -0.0845. The van der Waals surface area contributed by atoms with Crippen molar-refractivity contribution in [2.45, 2.75) is 40.0 Å². The molecule has 5 nitrogen and oxygen atoms in total. The summed E-state index contributed by atoms with van der Waals surface area (Å²) < 4.78 is 0. The summed E-state index contributed by atoms with van der Waals surface area (Å²) in [5.41, 5.74) is 8.83. The third kappa shape index (κ3) is 4.82. The lowest BCUT2D eigenvalue weighted by Crippen LogP contribution is -2.46. The van der Waals surface area contributed by atoms with Gasteiger partial charge in [0.05, 0.1) is 5.92 Å². The Morgan fingerprint density at radius 1 is 1.15 bits per heavy atom. The lowest BCUT2D eigenvalue weighted by molar-refractivity contribution is -0.136. The summed E-state index contributed by atoms with van der Waals surface area (Å²) >= 11 is 0. The van der Waals surface area contributed by atoms with E-state index in [9.17, 15) is 9.59 Å². The number of carbonyl (C=O) groups excluding carboxylic acids is 2. The van der Waals surface area contributed by atoms with Gasteiger partial charge in [0, 0.05) is 31.7 Å². The molecular formula is C21H32ClN3O2. The van der Waals surface area contributed by atoms with Gasteiger partial charge < -0.3 is 15.5 Å². The molecule has 2 atom stereocenters. The molecule has 0 aliphatic carbocycles. The zero-order valence-electron chi connectivity index (χ0n) is 16.7. The van der Waals surface area contributed by atoms with E-state index in [1.165, 1.54) is 0 Å². The predicted molar refractivity (Wildman–Crippen MR) is 110 cm³/mol. The van der Waals surface area contributed by atoms with Crippen LogP contribution in [-0.4, -0.2) is 54.3 Å². The minimum absolute atomic E-state index is 0. The van der Waals surface area contributed by atoms with Crippen molar-refractivity contribution >= 4 is 24.2 Å². The molecule has 0 bridgehead atoms. The number of nitrogens with zero attached hydrogens (tertiary/aromatic N) is 2. The van der Waals surface area contributed by atoms with Gasteiger partial charge in [-0.2, -0.15) is 0 Å². The number of amides is 2. The normalized spacial score (nSPS) is 25.3. The standard InChI is InChI=1S/C21H31N3O2.ClH/c1-15-9-16(2)11-18(10-15)20(26)23-7-4-5-17(12-23)19(25)24-8-6-21(3,13-22)14-24;/h9-11,17H,4-8,12-14,22H2,1-3H3;1H. The number of hydrogen-bond acceptors (Lipinski definition) is 3. The molecule has 1 aromatic rings. The SMILES string of the molecule is Cc1cc(C)cc(C(=O)N2CCCC(C(=O)N3CCC(C)(CN)C3)C2)c1.Cl. The molecule has 3 rings (SSSR count). The third-order valence-corrected chi connectivity index (χ3v) is 5.89. The number of aryl methyl sites for hydroxylation is 2. The molecule has 2 heterocycles. The Hall–Kier alpha value is -1.59. The van der Waals surface area contributed by atoms with Crippen LogP contribution in [0.4, 0.5) is 0 Å². The van der Waals surface area contributed by atoms with Crippen LogP contribution in [0, 0.1) is 25.2 Å². The zero-order chi connectivity index (χ0) is 18.9. The fourth-order valence-corrected chi connectivity index (χ4v) is 4.28. The van der Waals surface area contributed by atoms with Gasteiger partial charge in [-0.05, 0) is 57.2 Å². The van der Waals surface area contributed by atoms with Gasteiger partial charge in [0.15, 0.2) is 0 Å². The first-order chi connectivity index (χ1) is 12.3. The first-order valence-electron chi connectivity index (χ1n) is 9.68. The molecule has 6 heteroatoms. The molecule has 27 heavy (non-hydrogen) atoms. The molecule has 2 aliphatic rings. The maximum absolute atomic E-state index is 13.0. The van der Waals surface area contributed by atoms with Crippen molar-refractivity contribution in [3.05, 3.63) is 34.9 Å². The average molecular weight is 394 g/mol. The Morgan fingerprint density at radius 2 is 1.81 bits per heavy atom. The second-order valence-corrected chi connectivity index (χ2v) is 8.49. The largest absolute Gasteiger partial charge is 0.342 e. The number of carbonyl (C=O) groups is 2. The van der Waals surface area contributed by atoms with Crippen LogP contribution < -0.4 is 5.73 Å². The van der Waals surface area contributed by atoms with E-state index in [4.69, 9.17) is 5.73 Å². The molecule has 2 saturated heterocycles. The number of halogens is 1. The van der Waals surface area contributed by atoms with Gasteiger partial charge in [-0.3, -0.25) is 9.59 Å². The maximum Gasteiger partial charge on any atom is 0.253 e. The van der Waals surface area contributed by atoms with Crippen molar-refractivity contribution in [1.29, 1.82) is 0 Å². The highest BCUT2D eigenvalue weighted by Gasteiger charge is 2.38. The Balaban J connectivity index is 0.00000261. The molecule has 150 valence electrons. The van der Waals surface area contributed by atoms with Crippen LogP contribution in [0.1, 0.15) is 47.7 Å². The van der Waals surface area contributed by atoms with Crippen molar-refractivity contribution in [1.82, 2.24) is 9.80 Å². The van der Waals surface area contributed by atoms with E-state index in [1.807, 2.05) is 35.8 Å². The van der Waals surface area contributed by atoms with Crippen molar-refractivity contribution in [3.63, 3.8) is 0 Å². The molecule has 2 unspecified atom stereocenters. The van der Waals surface area contributed by atoms with Crippen LogP contribution in [0.2, 0.25) is 0 Å². The number of piperidine rings is 1. The fraction of sp³-hybridized carbons (Fsp3) is 0.619. The van der Waals surface area contributed by atoms with E-state index in [-0.39, 0.29) is 35.6 Å². The summed E-state index contributed by atoms with van der Waals surface area (Å²) in [6, 6.07) is 5.95. The first-order valence-corrected chi connectivity index (χ1v) is 9.68. The average Bonchev–Trinajstić information content (AvgIpc) is 3.03. The van der Waals surface area contributed by atoms with E-state index in [2.05, 4.69) is 13.0 Å². The molecule has 2 fully saturated rings. The fourth-order valence-electron chi connectivity index (χ4n) is 4.28. The molecule has 2 aliphatic heterocycles. The first kappa shape index (κ1) is 21.7. The highest BCUT2D eigenvalue weighted by atomic mass is 35.5. The summed E-state index contributed by atoms with van der Waals surface area (Å²) in [7, 11) is 0. The van der Waals surface area contributed by atoms with Gasteiger partial charge >= 0.3 is 0 Å². The Morgan fingerprint density at radius 3 is 2.41 bits per heavy atom. The summed E-state index contributed by atoms with van der Waals surface area (Å²) in [5.74, 6) is 0.154. The lowest BCUT2D eigenvalue weighted by atomic mass is 9.90. The molecule has 2 amide bonds. The highest BCUT2D eigenvalue weighted by Crippen LogP contribution is 2.31. The van der Waals surface area contributed by atoms with E-state index < -0.39 is 0 Å². The second kappa shape index (κ2) is 8.61. The van der Waals surface area contributed by atoms with E-state index in [1.54, 1.807) is 0 Å². The topological polar surface area (TPSA) is 66.6 Å². The van der Waals surface area contributed by atoms with Crippen molar-refractivity contribution in [2.24, 2.45) is 17.1 Å². The number of likely N-dealkylation sites (tertiary alicyclic amines) is 2. The van der Waals surface area contributed by atoms with Crippen molar-refractivity contribution in [3.8, 4) is 0 Å². The molecule has 0 radical (unpaired) electrons. The number of benzene rings is 1. The lowest BCUT2D eigenvalue weighted by Gasteiger charge is -2.34. The minimum Gasteiger partial charge on any atom is -0.342 e. The van der Waals surface area contributed by atoms with Crippen LogP contribution in [0.15, 0.2) is 18.2 Å². The molecule has 1 aromatic carbocycles. The molecular weight excluding hydrogens is 362 g/mol. The van der Waals surface area contributed by atoms with Gasteiger partial charge in [-0.15, -0.1) is 12.4 Å². The Kier molecular flexibility index (Phi) is 6.92. The van der Waals surface area contributed by atoms with E-state index in [0.29, 0.717) is 13.1 Å². The zero-order valence-corrected chi connectivity index (χ0v) is 17.5. The van der Waals surface area contributed by atoms with Crippen molar-refractivity contribution in [2.75, 3.05) is 32.7 Å². The summed E-state index contributed by atoms with van der Waals surface area (Å²) in [5, 5.41) is 0. The summed E-state index contributed by atoms with van der Waals surface area (Å²) in [4.78, 5) is 29.7. The maximum atomic E-state index is 13.0. The van der Waals surface area contributed by atoms with Gasteiger partial charge in [0.25, 0.3) is 5.91 Å². The van der Waals surface area contributed by atoms with E-state index >= 15 is 0 Å². The van der Waals surface area contributed by atoms with Gasteiger partial charge in [-0.25, -0.2) is 0 Å². The second-order valence-electron chi connectivity index (χ2n) is 8.49.